The molecular weight excluding hydrogens is 392 g/mol. The molecule has 1 fully saturated rings. The Morgan fingerprint density at radius 3 is 2.13 bits per heavy atom. The van der Waals surface area contributed by atoms with Crippen molar-refractivity contribution in [2.24, 2.45) is 11.8 Å². The van der Waals surface area contributed by atoms with Crippen LogP contribution in [0.4, 0.5) is 0 Å². The van der Waals surface area contributed by atoms with Crippen LogP contribution in [-0.4, -0.2) is 45.8 Å². The number of hydrogen-bond acceptors (Lipinski definition) is 8. The highest BCUT2D eigenvalue weighted by atomic mass is 16.7. The van der Waals surface area contributed by atoms with Gasteiger partial charge in [0.1, 0.15) is 0 Å². The lowest BCUT2D eigenvalue weighted by Crippen LogP contribution is -2.34. The highest BCUT2D eigenvalue weighted by Gasteiger charge is 2.52. The highest BCUT2D eigenvalue weighted by Crippen LogP contribution is 2.55. The molecule has 30 heavy (non-hydrogen) atoms. The van der Waals surface area contributed by atoms with E-state index in [0.29, 0.717) is 34.3 Å². The van der Waals surface area contributed by atoms with Gasteiger partial charge in [-0.3, -0.25) is 4.79 Å². The van der Waals surface area contributed by atoms with E-state index in [1.54, 1.807) is 20.3 Å². The normalized spacial score (nSPS) is 25.9. The average molecular weight is 414 g/mol. The molecule has 1 N–H and O–H groups in total. The number of hydrogen-bond donors (Lipinski definition) is 1. The van der Waals surface area contributed by atoms with E-state index in [-0.39, 0.29) is 31.2 Å². The second kappa shape index (κ2) is 6.98. The van der Waals surface area contributed by atoms with Crippen molar-refractivity contribution in [1.82, 2.24) is 0 Å². The summed E-state index contributed by atoms with van der Waals surface area (Å²) in [7, 11) is 4.63. The summed E-state index contributed by atoms with van der Waals surface area (Å²) in [5.41, 5.74) is 2.30. The number of ether oxygens (including phenoxy) is 6. The standard InChI is InChI=1S/C22H22O8/c1-25-16-4-10(5-17(26-2)21(16)27-3)18-11-6-14-15(30-9-29-14)7-12(11)20(23)13-8-28-22(24)19(13)18/h4-7,13,18-20,23H,8-9H2,1-3H3/t13-,18?,19?,20+/m0/s1. The Bertz CT molecular complexity index is 991. The predicted molar refractivity (Wildman–Crippen MR) is 103 cm³/mol. The zero-order chi connectivity index (χ0) is 21.0. The third-order valence-corrected chi connectivity index (χ3v) is 6.19. The number of benzene rings is 2. The molecule has 1 aliphatic carbocycles. The Morgan fingerprint density at radius 1 is 0.900 bits per heavy atom. The van der Waals surface area contributed by atoms with Gasteiger partial charge < -0.3 is 33.5 Å². The largest absolute Gasteiger partial charge is 0.493 e. The molecule has 8 nitrogen and oxygen atoms in total. The summed E-state index contributed by atoms with van der Waals surface area (Å²) < 4.78 is 32.9. The Hall–Kier alpha value is -3.13. The van der Waals surface area contributed by atoms with Gasteiger partial charge in [-0.2, -0.15) is 0 Å². The minimum Gasteiger partial charge on any atom is -0.493 e. The summed E-state index contributed by atoms with van der Waals surface area (Å²) in [5.74, 6) is 0.989. The van der Waals surface area contributed by atoms with Gasteiger partial charge in [-0.1, -0.05) is 0 Å². The second-order valence-electron chi connectivity index (χ2n) is 7.54. The first-order valence-electron chi connectivity index (χ1n) is 9.65. The van der Waals surface area contributed by atoms with Gasteiger partial charge in [0.15, 0.2) is 23.0 Å². The number of esters is 1. The van der Waals surface area contributed by atoms with Crippen molar-refractivity contribution < 1.29 is 38.3 Å². The number of carbonyl (C=O) groups excluding carboxylic acids is 1. The average Bonchev–Trinajstić information content (AvgIpc) is 3.38. The third-order valence-electron chi connectivity index (χ3n) is 6.19. The van der Waals surface area contributed by atoms with Crippen molar-refractivity contribution >= 4 is 5.97 Å². The van der Waals surface area contributed by atoms with Crippen molar-refractivity contribution in [3.8, 4) is 28.7 Å². The number of aliphatic hydroxyl groups is 1. The lowest BCUT2D eigenvalue weighted by molar-refractivity contribution is -0.141. The van der Waals surface area contributed by atoms with Crippen LogP contribution in [0, 0.1) is 11.8 Å². The van der Waals surface area contributed by atoms with E-state index in [9.17, 15) is 9.90 Å². The molecule has 2 unspecified atom stereocenters. The first-order valence-corrected chi connectivity index (χ1v) is 9.65. The molecule has 0 amide bonds. The molecule has 0 aromatic heterocycles. The number of carbonyl (C=O) groups is 1. The summed E-state index contributed by atoms with van der Waals surface area (Å²) >= 11 is 0. The van der Waals surface area contributed by atoms with Gasteiger partial charge in [-0.25, -0.2) is 0 Å². The van der Waals surface area contributed by atoms with Crippen LogP contribution in [-0.2, 0) is 9.53 Å². The molecule has 0 bridgehead atoms. The number of fused-ring (bicyclic) bond motifs is 3. The first-order chi connectivity index (χ1) is 14.6. The zero-order valence-corrected chi connectivity index (χ0v) is 16.8. The SMILES string of the molecule is COc1cc(C2c3cc4c(cc3[C@@H](O)[C@H]3COC(=O)C23)OCO4)cc(OC)c1OC. The lowest BCUT2D eigenvalue weighted by atomic mass is 9.66. The second-order valence-corrected chi connectivity index (χ2v) is 7.54. The van der Waals surface area contributed by atoms with Gasteiger partial charge in [0, 0.05) is 11.8 Å². The third kappa shape index (κ3) is 2.60. The molecule has 0 radical (unpaired) electrons. The molecule has 0 spiro atoms. The molecular formula is C22H22O8. The van der Waals surface area contributed by atoms with E-state index >= 15 is 0 Å². The van der Waals surface area contributed by atoms with Gasteiger partial charge in [0.25, 0.3) is 0 Å². The predicted octanol–water partition coefficient (Wildman–Crippen LogP) is 2.41. The Kier molecular flexibility index (Phi) is 4.39. The summed E-state index contributed by atoms with van der Waals surface area (Å²) in [6, 6.07) is 7.31. The van der Waals surface area contributed by atoms with Gasteiger partial charge in [-0.05, 0) is 41.0 Å². The summed E-state index contributed by atoms with van der Waals surface area (Å²) in [6.45, 7) is 0.289. The van der Waals surface area contributed by atoms with Crippen LogP contribution in [0.15, 0.2) is 24.3 Å². The van der Waals surface area contributed by atoms with Gasteiger partial charge >= 0.3 is 5.97 Å². The fraction of sp³-hybridized carbons (Fsp3) is 0.409. The summed E-state index contributed by atoms with van der Waals surface area (Å²) in [4.78, 5) is 12.7. The smallest absolute Gasteiger partial charge is 0.310 e. The first kappa shape index (κ1) is 18.9. The van der Waals surface area contributed by atoms with Crippen molar-refractivity contribution in [1.29, 1.82) is 0 Å². The van der Waals surface area contributed by atoms with Crippen LogP contribution < -0.4 is 23.7 Å². The maximum absolute atomic E-state index is 12.7. The lowest BCUT2D eigenvalue weighted by Gasteiger charge is -2.37. The molecule has 1 saturated heterocycles. The number of rotatable bonds is 4. The molecule has 2 heterocycles. The van der Waals surface area contributed by atoms with Crippen molar-refractivity contribution in [3.63, 3.8) is 0 Å². The van der Waals surface area contributed by atoms with E-state index in [2.05, 4.69) is 0 Å². The number of methoxy groups -OCH3 is 3. The molecule has 2 aromatic carbocycles. The molecule has 5 rings (SSSR count). The molecule has 4 atom stereocenters. The number of cyclic esters (lactones) is 1. The van der Waals surface area contributed by atoms with E-state index in [4.69, 9.17) is 28.4 Å². The fourth-order valence-corrected chi connectivity index (χ4v) is 4.81. The molecule has 2 aromatic rings. The Balaban J connectivity index is 1.74. The highest BCUT2D eigenvalue weighted by molar-refractivity contribution is 5.79. The minimum absolute atomic E-state index is 0.123. The van der Waals surface area contributed by atoms with Gasteiger partial charge in [-0.15, -0.1) is 0 Å². The van der Waals surface area contributed by atoms with Crippen molar-refractivity contribution in [3.05, 3.63) is 41.0 Å². The van der Waals surface area contributed by atoms with Crippen LogP contribution in [0.1, 0.15) is 28.7 Å². The quantitative estimate of drug-likeness (QED) is 0.763. The zero-order valence-electron chi connectivity index (χ0n) is 16.8. The molecule has 8 heteroatoms. The van der Waals surface area contributed by atoms with Crippen LogP contribution in [0.3, 0.4) is 0 Å². The molecule has 158 valence electrons. The maximum atomic E-state index is 12.7. The maximum Gasteiger partial charge on any atom is 0.310 e. The van der Waals surface area contributed by atoms with Crippen LogP contribution in [0.2, 0.25) is 0 Å². The monoisotopic (exact) mass is 414 g/mol. The van der Waals surface area contributed by atoms with Crippen molar-refractivity contribution in [2.75, 3.05) is 34.7 Å². The molecule has 0 saturated carbocycles. The van der Waals surface area contributed by atoms with Gasteiger partial charge in [0.05, 0.1) is 40.0 Å². The molecule has 3 aliphatic rings. The van der Waals surface area contributed by atoms with E-state index < -0.39 is 12.0 Å². The topological polar surface area (TPSA) is 92.7 Å². The van der Waals surface area contributed by atoms with Gasteiger partial charge in [0.2, 0.25) is 12.5 Å². The number of aliphatic hydroxyl groups excluding tert-OH is 1. The van der Waals surface area contributed by atoms with Crippen LogP contribution >= 0.6 is 0 Å². The van der Waals surface area contributed by atoms with E-state index in [0.717, 1.165) is 11.1 Å². The summed E-state index contributed by atoms with van der Waals surface area (Å²) in [5, 5.41) is 11.0. The Morgan fingerprint density at radius 2 is 1.53 bits per heavy atom. The molecule has 2 aliphatic heterocycles. The van der Waals surface area contributed by atoms with Crippen molar-refractivity contribution in [2.45, 2.75) is 12.0 Å². The van der Waals surface area contributed by atoms with Crippen LogP contribution in [0.25, 0.3) is 0 Å². The summed E-state index contributed by atoms with van der Waals surface area (Å²) in [6.07, 6.45) is -0.843. The fourth-order valence-electron chi connectivity index (χ4n) is 4.81. The van der Waals surface area contributed by atoms with Crippen LogP contribution in [0.5, 0.6) is 28.7 Å². The van der Waals surface area contributed by atoms with E-state index in [1.807, 2.05) is 18.2 Å². The van der Waals surface area contributed by atoms with E-state index in [1.165, 1.54) is 7.11 Å². The Labute approximate surface area is 173 Å². The minimum atomic E-state index is -0.843.